The van der Waals surface area contributed by atoms with E-state index < -0.39 is 0 Å². The molecule has 1 aliphatic rings. The number of fused-ring (bicyclic) bond motifs is 1. The van der Waals surface area contributed by atoms with Crippen LogP contribution in [-0.4, -0.2) is 59.5 Å². The molecule has 1 fully saturated rings. The number of aryl methyl sites for hydroxylation is 2. The van der Waals surface area contributed by atoms with Gasteiger partial charge in [0, 0.05) is 33.5 Å². The van der Waals surface area contributed by atoms with Crippen molar-refractivity contribution in [3.63, 3.8) is 0 Å². The van der Waals surface area contributed by atoms with Crippen LogP contribution in [0, 0.1) is 0 Å². The van der Waals surface area contributed by atoms with Crippen molar-refractivity contribution in [3.8, 4) is 5.75 Å². The van der Waals surface area contributed by atoms with E-state index >= 15 is 0 Å². The van der Waals surface area contributed by atoms with Gasteiger partial charge in [-0.15, -0.1) is 0 Å². The average molecular weight is 449 g/mol. The van der Waals surface area contributed by atoms with E-state index in [2.05, 4.69) is 40.2 Å². The van der Waals surface area contributed by atoms with Crippen LogP contribution in [0.2, 0.25) is 0 Å². The van der Waals surface area contributed by atoms with Gasteiger partial charge in [-0.1, -0.05) is 24.6 Å². The first-order valence-electron chi connectivity index (χ1n) is 12.2. The number of nitrogens with one attached hydrogen (secondary N) is 1. The van der Waals surface area contributed by atoms with Gasteiger partial charge in [-0.05, 0) is 74.2 Å². The molecule has 3 aromatic rings. The summed E-state index contributed by atoms with van der Waals surface area (Å²) in [5.74, 6) is 2.08. The molecular weight excluding hydrogens is 412 g/mol. The maximum Gasteiger partial charge on any atom is 0.222 e. The number of aromatic amines is 1. The summed E-state index contributed by atoms with van der Waals surface area (Å²) in [6.45, 7) is 4.10. The molecule has 6 nitrogen and oxygen atoms in total. The van der Waals surface area contributed by atoms with E-state index in [4.69, 9.17) is 9.72 Å². The quantitative estimate of drug-likeness (QED) is 0.461. The lowest BCUT2D eigenvalue weighted by molar-refractivity contribution is -0.128. The molecule has 2 aromatic carbocycles. The van der Waals surface area contributed by atoms with E-state index in [1.54, 1.807) is 19.0 Å². The van der Waals surface area contributed by atoms with E-state index in [0.29, 0.717) is 13.0 Å². The van der Waals surface area contributed by atoms with Crippen LogP contribution >= 0.6 is 0 Å². The molecule has 0 saturated carbocycles. The van der Waals surface area contributed by atoms with Gasteiger partial charge in [-0.25, -0.2) is 4.98 Å². The van der Waals surface area contributed by atoms with E-state index in [-0.39, 0.29) is 5.91 Å². The summed E-state index contributed by atoms with van der Waals surface area (Å²) in [5, 5.41) is 0. The van der Waals surface area contributed by atoms with E-state index in [9.17, 15) is 4.79 Å². The number of ether oxygens (including phenoxy) is 1. The van der Waals surface area contributed by atoms with Gasteiger partial charge in [0.05, 0.1) is 17.6 Å². The molecule has 1 saturated heterocycles. The van der Waals surface area contributed by atoms with Gasteiger partial charge in [0.2, 0.25) is 5.91 Å². The van der Waals surface area contributed by atoms with Crippen molar-refractivity contribution in [2.75, 3.05) is 33.8 Å². The Morgan fingerprint density at radius 3 is 2.73 bits per heavy atom. The van der Waals surface area contributed by atoms with Gasteiger partial charge in [-0.3, -0.25) is 9.69 Å². The Balaban J connectivity index is 1.24. The van der Waals surface area contributed by atoms with E-state index in [0.717, 1.165) is 54.0 Å². The van der Waals surface area contributed by atoms with Crippen LogP contribution < -0.4 is 4.74 Å². The van der Waals surface area contributed by atoms with E-state index in [1.165, 1.54) is 37.9 Å². The first-order chi connectivity index (χ1) is 16.1. The number of rotatable bonds is 10. The number of piperidine rings is 1. The summed E-state index contributed by atoms with van der Waals surface area (Å²) in [7, 11) is 3.59. The fourth-order valence-corrected chi connectivity index (χ4v) is 4.40. The maximum atomic E-state index is 11.8. The van der Waals surface area contributed by atoms with Crippen LogP contribution in [0.1, 0.15) is 49.1 Å². The van der Waals surface area contributed by atoms with Gasteiger partial charge < -0.3 is 14.6 Å². The van der Waals surface area contributed by atoms with Crippen LogP contribution in [0.3, 0.4) is 0 Å². The minimum Gasteiger partial charge on any atom is -0.494 e. The van der Waals surface area contributed by atoms with Crippen molar-refractivity contribution in [1.29, 1.82) is 0 Å². The zero-order valence-electron chi connectivity index (χ0n) is 20.0. The highest BCUT2D eigenvalue weighted by Gasteiger charge is 2.11. The third-order valence-corrected chi connectivity index (χ3v) is 6.30. The number of benzene rings is 2. The lowest BCUT2D eigenvalue weighted by Gasteiger charge is -2.26. The molecule has 1 amide bonds. The molecule has 33 heavy (non-hydrogen) atoms. The van der Waals surface area contributed by atoms with Gasteiger partial charge in [-0.2, -0.15) is 0 Å². The van der Waals surface area contributed by atoms with Crippen LogP contribution in [0.15, 0.2) is 42.5 Å². The van der Waals surface area contributed by atoms with Crippen molar-refractivity contribution >= 4 is 16.9 Å². The predicted octanol–water partition coefficient (Wildman–Crippen LogP) is 4.58. The fourth-order valence-electron chi connectivity index (χ4n) is 4.40. The lowest BCUT2D eigenvalue weighted by Crippen LogP contribution is -2.29. The number of aromatic nitrogens is 2. The normalized spacial score (nSPS) is 14.5. The number of carbonyl (C=O) groups excluding carboxylic acids is 1. The molecule has 2 heterocycles. The van der Waals surface area contributed by atoms with Crippen LogP contribution in [0.25, 0.3) is 11.0 Å². The van der Waals surface area contributed by atoms with Crippen LogP contribution in [-0.2, 0) is 24.2 Å². The molecule has 0 aliphatic carbocycles. The van der Waals surface area contributed by atoms with Gasteiger partial charge in [0.1, 0.15) is 11.6 Å². The standard InChI is InChI=1S/C27H36N4O2/c1-30(2)27(32)14-12-21-11-13-24-25(19-21)29-26(28-24)10-7-17-33-23-9-6-8-22(18-23)20-31-15-4-3-5-16-31/h6,8-9,11,13,18-19H,3-5,7,10,12,14-17,20H2,1-2H3,(H,28,29). The Hall–Kier alpha value is -2.86. The summed E-state index contributed by atoms with van der Waals surface area (Å²) >= 11 is 0. The number of amides is 1. The largest absolute Gasteiger partial charge is 0.494 e. The zero-order chi connectivity index (χ0) is 23.0. The van der Waals surface area contributed by atoms with Gasteiger partial charge >= 0.3 is 0 Å². The molecule has 0 spiro atoms. The number of nitrogens with zero attached hydrogens (tertiary/aromatic N) is 3. The molecule has 0 bridgehead atoms. The number of carbonyl (C=O) groups is 1. The highest BCUT2D eigenvalue weighted by molar-refractivity contribution is 5.77. The second-order valence-corrected chi connectivity index (χ2v) is 9.26. The minimum absolute atomic E-state index is 0.150. The third-order valence-electron chi connectivity index (χ3n) is 6.30. The first-order valence-corrected chi connectivity index (χ1v) is 12.2. The lowest BCUT2D eigenvalue weighted by atomic mass is 10.1. The molecular formula is C27H36N4O2. The van der Waals surface area contributed by atoms with Crippen molar-refractivity contribution in [3.05, 3.63) is 59.4 Å². The van der Waals surface area contributed by atoms with Crippen molar-refractivity contribution < 1.29 is 9.53 Å². The third kappa shape index (κ3) is 6.81. The monoisotopic (exact) mass is 448 g/mol. The van der Waals surface area contributed by atoms with Gasteiger partial charge in [0.15, 0.2) is 0 Å². The topological polar surface area (TPSA) is 61.5 Å². The number of imidazole rings is 1. The zero-order valence-corrected chi connectivity index (χ0v) is 20.0. The molecule has 0 atom stereocenters. The maximum absolute atomic E-state index is 11.8. The number of likely N-dealkylation sites (tertiary alicyclic amines) is 1. The molecule has 1 N–H and O–H groups in total. The molecule has 0 radical (unpaired) electrons. The summed E-state index contributed by atoms with van der Waals surface area (Å²) in [4.78, 5) is 24.2. The van der Waals surface area contributed by atoms with Crippen molar-refractivity contribution in [2.24, 2.45) is 0 Å². The second-order valence-electron chi connectivity index (χ2n) is 9.26. The second kappa shape index (κ2) is 11.3. The smallest absolute Gasteiger partial charge is 0.222 e. The van der Waals surface area contributed by atoms with Gasteiger partial charge in [0.25, 0.3) is 0 Å². The highest BCUT2D eigenvalue weighted by atomic mass is 16.5. The van der Waals surface area contributed by atoms with Crippen LogP contribution in [0.4, 0.5) is 0 Å². The number of hydrogen-bond acceptors (Lipinski definition) is 4. The summed E-state index contributed by atoms with van der Waals surface area (Å²) < 4.78 is 6.03. The molecule has 6 heteroatoms. The Morgan fingerprint density at radius 2 is 1.91 bits per heavy atom. The Kier molecular flexibility index (Phi) is 8.00. The molecule has 4 rings (SSSR count). The first kappa shape index (κ1) is 23.3. The predicted molar refractivity (Wildman–Crippen MR) is 132 cm³/mol. The molecule has 176 valence electrons. The van der Waals surface area contributed by atoms with Crippen molar-refractivity contribution in [1.82, 2.24) is 19.8 Å². The van der Waals surface area contributed by atoms with E-state index in [1.807, 2.05) is 12.1 Å². The van der Waals surface area contributed by atoms with Crippen LogP contribution in [0.5, 0.6) is 5.75 Å². The SMILES string of the molecule is CN(C)C(=O)CCc1ccc2nc(CCCOc3cccc(CN4CCCCC4)c3)[nH]c2c1. The Bertz CT molecular complexity index is 1050. The average Bonchev–Trinajstić information content (AvgIpc) is 3.23. The Labute approximate surface area is 196 Å². The number of hydrogen-bond donors (Lipinski definition) is 1. The Morgan fingerprint density at radius 1 is 1.06 bits per heavy atom. The summed E-state index contributed by atoms with van der Waals surface area (Å²) in [6.07, 6.45) is 7.01. The molecule has 1 aliphatic heterocycles. The summed E-state index contributed by atoms with van der Waals surface area (Å²) in [5.41, 5.74) is 4.49. The fraction of sp³-hybridized carbons (Fsp3) is 0.481. The van der Waals surface area contributed by atoms with Crippen molar-refractivity contribution in [2.45, 2.75) is 51.5 Å². The molecule has 0 unspecified atom stereocenters. The number of H-pyrrole nitrogens is 1. The summed E-state index contributed by atoms with van der Waals surface area (Å²) in [6, 6.07) is 14.7. The molecule has 1 aromatic heterocycles. The minimum atomic E-state index is 0.150. The highest BCUT2D eigenvalue weighted by Crippen LogP contribution is 2.19.